The van der Waals surface area contributed by atoms with Crippen molar-refractivity contribution in [2.75, 3.05) is 25.5 Å². The van der Waals surface area contributed by atoms with E-state index in [0.717, 1.165) is 50.9 Å². The van der Waals surface area contributed by atoms with Gasteiger partial charge in [-0.3, -0.25) is 4.79 Å². The van der Waals surface area contributed by atoms with Crippen molar-refractivity contribution in [2.45, 2.75) is 108 Å². The van der Waals surface area contributed by atoms with Gasteiger partial charge in [-0.15, -0.1) is 0 Å². The molecule has 3 atom stereocenters. The van der Waals surface area contributed by atoms with Crippen molar-refractivity contribution in [3.63, 3.8) is 0 Å². The predicted molar refractivity (Wildman–Crippen MR) is 127 cm³/mol. The van der Waals surface area contributed by atoms with E-state index < -0.39 is 0 Å². The Balaban J connectivity index is 1.51. The minimum atomic E-state index is -0.274. The highest BCUT2D eigenvalue weighted by atomic mass is 32.2. The number of hydrogen-bond donors (Lipinski definition) is 3. The van der Waals surface area contributed by atoms with E-state index in [1.165, 1.54) is 0 Å². The molecule has 0 aromatic carbocycles. The molecule has 0 spiro atoms. The van der Waals surface area contributed by atoms with Crippen molar-refractivity contribution in [3.8, 4) is 0 Å². The second-order valence-electron chi connectivity index (χ2n) is 9.93. The maximum Gasteiger partial charge on any atom is 0.315 e. The van der Waals surface area contributed by atoms with Crippen LogP contribution < -0.4 is 16.0 Å². The van der Waals surface area contributed by atoms with Gasteiger partial charge in [0.15, 0.2) is 0 Å². The van der Waals surface area contributed by atoms with Crippen LogP contribution in [0.5, 0.6) is 0 Å². The van der Waals surface area contributed by atoms with Crippen LogP contribution in [0.1, 0.15) is 79.6 Å². The molecule has 2 unspecified atom stereocenters. The third-order valence-corrected chi connectivity index (χ3v) is 7.53. The molecule has 0 aromatic rings. The van der Waals surface area contributed by atoms with Gasteiger partial charge in [0, 0.05) is 30.6 Å². The van der Waals surface area contributed by atoms with Crippen LogP contribution >= 0.6 is 11.8 Å². The van der Waals surface area contributed by atoms with Gasteiger partial charge in [-0.1, -0.05) is 13.3 Å². The molecule has 2 aliphatic heterocycles. The normalized spacial score (nSPS) is 23.4. The average molecular weight is 458 g/mol. The Labute approximate surface area is 192 Å². The monoisotopic (exact) mass is 457 g/mol. The van der Waals surface area contributed by atoms with Crippen LogP contribution in [0.15, 0.2) is 0 Å². The van der Waals surface area contributed by atoms with E-state index in [-0.39, 0.29) is 35.2 Å². The summed E-state index contributed by atoms with van der Waals surface area (Å²) >= 11 is 1.92. The number of ether oxygens (including phenoxy) is 2. The van der Waals surface area contributed by atoms with Crippen LogP contribution in [0.2, 0.25) is 0 Å². The summed E-state index contributed by atoms with van der Waals surface area (Å²) in [5, 5.41) is 9.48. The number of nitrogens with one attached hydrogen (secondary N) is 3. The van der Waals surface area contributed by atoms with Gasteiger partial charge >= 0.3 is 6.03 Å². The lowest BCUT2D eigenvalue weighted by Crippen LogP contribution is -2.36. The van der Waals surface area contributed by atoms with E-state index in [9.17, 15) is 9.59 Å². The number of fused-ring (bicyclic) bond motifs is 1. The molecular formula is C23H43N3O4S. The zero-order valence-electron chi connectivity index (χ0n) is 20.1. The van der Waals surface area contributed by atoms with E-state index >= 15 is 0 Å². The van der Waals surface area contributed by atoms with Gasteiger partial charge in [-0.25, -0.2) is 4.79 Å². The highest BCUT2D eigenvalue weighted by molar-refractivity contribution is 8.00. The fourth-order valence-corrected chi connectivity index (χ4v) is 5.50. The zero-order chi connectivity index (χ0) is 22.9. The lowest BCUT2D eigenvalue weighted by molar-refractivity contribution is -0.121. The Morgan fingerprint density at radius 2 is 1.81 bits per heavy atom. The van der Waals surface area contributed by atoms with Crippen LogP contribution in [0.4, 0.5) is 4.79 Å². The van der Waals surface area contributed by atoms with Crippen molar-refractivity contribution in [1.82, 2.24) is 16.0 Å². The molecule has 2 aliphatic rings. The van der Waals surface area contributed by atoms with E-state index in [2.05, 4.69) is 50.6 Å². The first-order chi connectivity index (χ1) is 14.6. The molecular weight excluding hydrogens is 414 g/mol. The number of unbranched alkanes of at least 4 members (excludes halogenated alkanes) is 1. The smallest absolute Gasteiger partial charge is 0.315 e. The maximum atomic E-state index is 12.2. The molecule has 180 valence electrons. The Morgan fingerprint density at radius 1 is 1.10 bits per heavy atom. The third-order valence-electron chi connectivity index (χ3n) is 6.02. The number of urea groups is 1. The Kier molecular flexibility index (Phi) is 10.4. The van der Waals surface area contributed by atoms with Gasteiger partial charge in [-0.2, -0.15) is 11.8 Å². The first-order valence-corrected chi connectivity index (χ1v) is 12.9. The Bertz CT molecular complexity index is 585. The molecule has 0 radical (unpaired) electrons. The molecule has 0 aliphatic carbocycles. The molecule has 3 amide bonds. The number of amides is 3. The summed E-state index contributed by atoms with van der Waals surface area (Å²) in [6.07, 6.45) is 6.14. The first kappa shape index (κ1) is 26.3. The van der Waals surface area contributed by atoms with Gasteiger partial charge in [-0.05, 0) is 59.8 Å². The van der Waals surface area contributed by atoms with Crippen LogP contribution in [0, 0.1) is 0 Å². The molecule has 31 heavy (non-hydrogen) atoms. The summed E-state index contributed by atoms with van der Waals surface area (Å²) < 4.78 is 11.9. The van der Waals surface area contributed by atoms with Crippen LogP contribution in [-0.4, -0.2) is 66.0 Å². The van der Waals surface area contributed by atoms with Crippen LogP contribution in [-0.2, 0) is 14.3 Å². The lowest BCUT2D eigenvalue weighted by atomic mass is 10.0. The largest absolute Gasteiger partial charge is 0.375 e. The highest BCUT2D eigenvalue weighted by Gasteiger charge is 2.42. The predicted octanol–water partition coefficient (Wildman–Crippen LogP) is 3.61. The quantitative estimate of drug-likeness (QED) is 0.258. The molecule has 7 nitrogen and oxygen atoms in total. The minimum absolute atomic E-state index is 0.0416. The van der Waals surface area contributed by atoms with Crippen LogP contribution in [0.3, 0.4) is 0 Å². The van der Waals surface area contributed by atoms with Gasteiger partial charge < -0.3 is 25.4 Å². The zero-order valence-corrected chi connectivity index (χ0v) is 20.9. The molecule has 3 N–H and O–H groups in total. The fraction of sp³-hybridized carbons (Fsp3) is 0.913. The molecule has 8 heteroatoms. The number of carbonyl (C=O) groups excluding carboxylic acids is 2. The summed E-state index contributed by atoms with van der Waals surface area (Å²) in [4.78, 5) is 23.6. The summed E-state index contributed by atoms with van der Waals surface area (Å²) in [5.41, 5.74) is -0.442. The van der Waals surface area contributed by atoms with Crippen LogP contribution in [0.25, 0.3) is 0 Å². The van der Waals surface area contributed by atoms with E-state index in [4.69, 9.17) is 9.47 Å². The SMILES string of the molecule is CCCOC(C)(C)CCOC(C)(C)CCNC(=O)CCCC[C@@H]1SCC2NC(=O)NC21. The minimum Gasteiger partial charge on any atom is -0.375 e. The second kappa shape index (κ2) is 12.3. The summed E-state index contributed by atoms with van der Waals surface area (Å²) in [6, 6.07) is 0.476. The number of carbonyl (C=O) groups is 2. The average Bonchev–Trinajstić information content (AvgIpc) is 3.22. The number of rotatable bonds is 15. The maximum absolute atomic E-state index is 12.2. The van der Waals surface area contributed by atoms with E-state index in [1.54, 1.807) is 0 Å². The van der Waals surface area contributed by atoms with Gasteiger partial charge in [0.05, 0.1) is 29.9 Å². The molecule has 0 bridgehead atoms. The number of hydrogen-bond acceptors (Lipinski definition) is 5. The van der Waals surface area contributed by atoms with Crippen molar-refractivity contribution < 1.29 is 19.1 Å². The summed E-state index contributed by atoms with van der Waals surface area (Å²) in [5.74, 6) is 1.09. The standard InChI is InChI=1S/C23H43N3O4S/c1-6-14-29-23(4,5)12-15-30-22(2,3)11-13-24-19(27)10-8-7-9-18-20-17(16-31-18)25-21(28)26-20/h17-18,20H,6-16H2,1-5H3,(H,24,27)(H2,25,26,28)/t17?,18-,20?/m0/s1. The van der Waals surface area contributed by atoms with E-state index in [1.807, 2.05) is 11.8 Å². The van der Waals surface area contributed by atoms with E-state index in [0.29, 0.717) is 24.8 Å². The second-order valence-corrected chi connectivity index (χ2v) is 11.2. The van der Waals surface area contributed by atoms with Crippen molar-refractivity contribution in [3.05, 3.63) is 0 Å². The number of thioether (sulfide) groups is 1. The van der Waals surface area contributed by atoms with Crippen molar-refractivity contribution in [2.24, 2.45) is 0 Å². The summed E-state index contributed by atoms with van der Waals surface area (Å²) in [6.45, 7) is 12.5. The molecule has 2 rings (SSSR count). The lowest BCUT2D eigenvalue weighted by Gasteiger charge is -2.29. The topological polar surface area (TPSA) is 88.7 Å². The highest BCUT2D eigenvalue weighted by Crippen LogP contribution is 2.33. The molecule has 2 saturated heterocycles. The van der Waals surface area contributed by atoms with Crippen molar-refractivity contribution in [1.29, 1.82) is 0 Å². The Hall–Kier alpha value is -0.990. The molecule has 2 heterocycles. The van der Waals surface area contributed by atoms with Crippen molar-refractivity contribution >= 4 is 23.7 Å². The molecule has 0 saturated carbocycles. The molecule has 0 aromatic heterocycles. The first-order valence-electron chi connectivity index (χ1n) is 11.9. The fourth-order valence-electron chi connectivity index (χ4n) is 3.96. The molecule has 2 fully saturated rings. The third kappa shape index (κ3) is 9.58. The Morgan fingerprint density at radius 3 is 2.55 bits per heavy atom. The summed E-state index contributed by atoms with van der Waals surface area (Å²) in [7, 11) is 0. The van der Waals surface area contributed by atoms with Gasteiger partial charge in [0.1, 0.15) is 0 Å². The van der Waals surface area contributed by atoms with Gasteiger partial charge in [0.25, 0.3) is 0 Å². The van der Waals surface area contributed by atoms with Gasteiger partial charge in [0.2, 0.25) is 5.91 Å².